The highest BCUT2D eigenvalue weighted by molar-refractivity contribution is 5.49. The first-order valence-electron chi connectivity index (χ1n) is 4.65. The van der Waals surface area contributed by atoms with Gasteiger partial charge in [-0.15, -0.1) is 0 Å². The van der Waals surface area contributed by atoms with Gasteiger partial charge >= 0.3 is 0 Å². The van der Waals surface area contributed by atoms with E-state index in [1.54, 1.807) is 12.3 Å². The maximum Gasteiger partial charge on any atom is 0.122 e. The molecule has 0 bridgehead atoms. The highest BCUT2D eigenvalue weighted by Crippen LogP contribution is 2.11. The predicted molar refractivity (Wildman–Crippen MR) is 57.2 cm³/mol. The van der Waals surface area contributed by atoms with Gasteiger partial charge < -0.3 is 9.73 Å². The maximum absolute atomic E-state index is 8.72. The van der Waals surface area contributed by atoms with Gasteiger partial charge in [-0.3, -0.25) is 0 Å². The fourth-order valence-electron chi connectivity index (χ4n) is 1.30. The van der Waals surface area contributed by atoms with Crippen molar-refractivity contribution in [3.05, 3.63) is 54.0 Å². The summed E-state index contributed by atoms with van der Waals surface area (Å²) in [6, 6.07) is 13.2. The first-order valence-corrected chi connectivity index (χ1v) is 4.65. The van der Waals surface area contributed by atoms with Crippen LogP contribution in [0.5, 0.6) is 0 Å². The van der Waals surface area contributed by atoms with Gasteiger partial charge in [0, 0.05) is 5.69 Å². The summed E-state index contributed by atoms with van der Waals surface area (Å²) in [6.45, 7) is 0.627. The average molecular weight is 198 g/mol. The minimum Gasteiger partial charge on any atom is -0.467 e. The van der Waals surface area contributed by atoms with Gasteiger partial charge in [-0.05, 0) is 30.3 Å². The third kappa shape index (κ3) is 2.38. The summed E-state index contributed by atoms with van der Waals surface area (Å²) in [4.78, 5) is 0. The highest BCUT2D eigenvalue weighted by Gasteiger charge is 1.96. The third-order valence-electron chi connectivity index (χ3n) is 2.04. The minimum atomic E-state index is 0.627. The average Bonchev–Trinajstić information content (AvgIpc) is 2.79. The normalized spacial score (nSPS) is 9.53. The molecule has 0 spiro atoms. The smallest absolute Gasteiger partial charge is 0.122 e. The van der Waals surface area contributed by atoms with E-state index in [2.05, 4.69) is 11.4 Å². The van der Waals surface area contributed by atoms with Crippen LogP contribution in [0.4, 0.5) is 5.69 Å². The Morgan fingerprint density at radius 1 is 1.27 bits per heavy atom. The molecule has 2 aromatic rings. The Morgan fingerprint density at radius 2 is 2.20 bits per heavy atom. The molecule has 1 N–H and O–H groups in total. The quantitative estimate of drug-likeness (QED) is 0.824. The monoisotopic (exact) mass is 198 g/mol. The number of rotatable bonds is 3. The second kappa shape index (κ2) is 4.34. The van der Waals surface area contributed by atoms with Gasteiger partial charge in [0.05, 0.1) is 24.4 Å². The number of nitriles is 1. The van der Waals surface area contributed by atoms with Crippen LogP contribution < -0.4 is 5.32 Å². The molecule has 0 aliphatic rings. The Balaban J connectivity index is 2.02. The van der Waals surface area contributed by atoms with Crippen molar-refractivity contribution < 1.29 is 4.42 Å². The highest BCUT2D eigenvalue weighted by atomic mass is 16.3. The molecule has 0 aliphatic carbocycles. The van der Waals surface area contributed by atoms with Crippen LogP contribution >= 0.6 is 0 Å². The summed E-state index contributed by atoms with van der Waals surface area (Å²) in [7, 11) is 0. The topological polar surface area (TPSA) is 49.0 Å². The fraction of sp³-hybridized carbons (Fsp3) is 0.0833. The molecule has 0 saturated heterocycles. The molecule has 0 amide bonds. The van der Waals surface area contributed by atoms with Crippen LogP contribution in [0, 0.1) is 11.3 Å². The molecule has 3 heteroatoms. The van der Waals surface area contributed by atoms with Gasteiger partial charge in [-0.25, -0.2) is 0 Å². The van der Waals surface area contributed by atoms with Crippen molar-refractivity contribution in [2.45, 2.75) is 6.54 Å². The van der Waals surface area contributed by atoms with E-state index in [4.69, 9.17) is 9.68 Å². The van der Waals surface area contributed by atoms with Crippen molar-refractivity contribution in [2.75, 3.05) is 5.32 Å². The number of nitrogens with zero attached hydrogens (tertiary/aromatic N) is 1. The van der Waals surface area contributed by atoms with Crippen LogP contribution in [0.25, 0.3) is 0 Å². The van der Waals surface area contributed by atoms with Crippen molar-refractivity contribution in [3.8, 4) is 6.07 Å². The van der Waals surface area contributed by atoms with Crippen LogP contribution in [0.3, 0.4) is 0 Å². The van der Waals surface area contributed by atoms with E-state index >= 15 is 0 Å². The Bertz CT molecular complexity index is 469. The molecule has 1 aromatic carbocycles. The van der Waals surface area contributed by atoms with Crippen molar-refractivity contribution >= 4 is 5.69 Å². The molecule has 1 aromatic heterocycles. The number of furan rings is 1. The van der Waals surface area contributed by atoms with Gasteiger partial charge in [0.2, 0.25) is 0 Å². The van der Waals surface area contributed by atoms with Gasteiger partial charge in [0.25, 0.3) is 0 Å². The van der Waals surface area contributed by atoms with Gasteiger partial charge in [-0.1, -0.05) is 6.07 Å². The molecular formula is C12H10N2O. The molecule has 0 radical (unpaired) electrons. The van der Waals surface area contributed by atoms with Crippen molar-refractivity contribution in [2.24, 2.45) is 0 Å². The molecule has 3 nitrogen and oxygen atoms in total. The molecular weight excluding hydrogens is 188 g/mol. The van der Waals surface area contributed by atoms with Crippen molar-refractivity contribution in [1.82, 2.24) is 0 Å². The zero-order chi connectivity index (χ0) is 10.5. The molecule has 0 atom stereocenters. The molecule has 0 fully saturated rings. The first-order chi connectivity index (χ1) is 7.38. The SMILES string of the molecule is N#Cc1cccc(NCc2ccco2)c1. The Kier molecular flexibility index (Phi) is 2.70. The summed E-state index contributed by atoms with van der Waals surface area (Å²) in [5, 5.41) is 11.9. The summed E-state index contributed by atoms with van der Waals surface area (Å²) >= 11 is 0. The van der Waals surface area contributed by atoms with Crippen LogP contribution in [-0.4, -0.2) is 0 Å². The van der Waals surface area contributed by atoms with E-state index in [1.807, 2.05) is 30.3 Å². The lowest BCUT2D eigenvalue weighted by molar-refractivity contribution is 0.518. The van der Waals surface area contributed by atoms with Crippen LogP contribution in [0.15, 0.2) is 47.1 Å². The van der Waals surface area contributed by atoms with Crippen LogP contribution in [-0.2, 0) is 6.54 Å². The zero-order valence-electron chi connectivity index (χ0n) is 8.10. The van der Waals surface area contributed by atoms with E-state index in [1.165, 1.54) is 0 Å². The lowest BCUT2D eigenvalue weighted by Crippen LogP contribution is -1.97. The number of hydrogen-bond donors (Lipinski definition) is 1. The lowest BCUT2D eigenvalue weighted by atomic mass is 10.2. The summed E-state index contributed by atoms with van der Waals surface area (Å²) in [5.74, 6) is 0.873. The number of hydrogen-bond acceptors (Lipinski definition) is 3. The van der Waals surface area contributed by atoms with E-state index in [0.717, 1.165) is 11.4 Å². The fourth-order valence-corrected chi connectivity index (χ4v) is 1.30. The largest absolute Gasteiger partial charge is 0.467 e. The molecule has 0 aliphatic heterocycles. The summed E-state index contributed by atoms with van der Waals surface area (Å²) in [6.07, 6.45) is 1.64. The lowest BCUT2D eigenvalue weighted by Gasteiger charge is -2.03. The van der Waals surface area contributed by atoms with E-state index in [9.17, 15) is 0 Å². The molecule has 74 valence electrons. The third-order valence-corrected chi connectivity index (χ3v) is 2.04. The molecule has 0 saturated carbocycles. The van der Waals surface area contributed by atoms with Gasteiger partial charge in [0.15, 0.2) is 0 Å². The van der Waals surface area contributed by atoms with Crippen molar-refractivity contribution in [3.63, 3.8) is 0 Å². The number of nitrogens with one attached hydrogen (secondary N) is 1. The van der Waals surface area contributed by atoms with Crippen LogP contribution in [0.2, 0.25) is 0 Å². The Morgan fingerprint density at radius 3 is 2.93 bits per heavy atom. The van der Waals surface area contributed by atoms with E-state index < -0.39 is 0 Å². The second-order valence-electron chi connectivity index (χ2n) is 3.13. The summed E-state index contributed by atoms with van der Waals surface area (Å²) in [5.41, 5.74) is 1.57. The maximum atomic E-state index is 8.72. The standard InChI is InChI=1S/C12H10N2O/c13-8-10-3-1-4-11(7-10)14-9-12-5-2-6-15-12/h1-7,14H,9H2. The molecule has 15 heavy (non-hydrogen) atoms. The van der Waals surface area contributed by atoms with Crippen LogP contribution in [0.1, 0.15) is 11.3 Å². The van der Waals surface area contributed by atoms with Gasteiger partial charge in [-0.2, -0.15) is 5.26 Å². The Labute approximate surface area is 88.0 Å². The molecule has 2 rings (SSSR count). The molecule has 1 heterocycles. The van der Waals surface area contributed by atoms with E-state index in [-0.39, 0.29) is 0 Å². The number of anilines is 1. The van der Waals surface area contributed by atoms with Gasteiger partial charge in [0.1, 0.15) is 5.76 Å². The molecule has 0 unspecified atom stereocenters. The Hall–Kier alpha value is -2.21. The minimum absolute atomic E-state index is 0.627. The zero-order valence-corrected chi connectivity index (χ0v) is 8.10. The summed E-state index contributed by atoms with van der Waals surface area (Å²) < 4.78 is 5.18. The van der Waals surface area contributed by atoms with Crippen molar-refractivity contribution in [1.29, 1.82) is 5.26 Å². The number of benzene rings is 1. The first kappa shape index (κ1) is 9.35. The van der Waals surface area contributed by atoms with E-state index in [0.29, 0.717) is 12.1 Å². The predicted octanol–water partition coefficient (Wildman–Crippen LogP) is 2.76. The second-order valence-corrected chi connectivity index (χ2v) is 3.13.